The highest BCUT2D eigenvalue weighted by Crippen LogP contribution is 2.18. The average molecular weight is 343 g/mol. The third-order valence-electron chi connectivity index (χ3n) is 3.36. The monoisotopic (exact) mass is 342 g/mol. The summed E-state index contributed by atoms with van der Waals surface area (Å²) in [6.45, 7) is 2.06. The van der Waals surface area contributed by atoms with E-state index in [0.29, 0.717) is 0 Å². The molecule has 0 bridgehead atoms. The fourth-order valence-electron chi connectivity index (χ4n) is 2.10. The Morgan fingerprint density at radius 2 is 2.05 bits per heavy atom. The quantitative estimate of drug-likeness (QED) is 0.575. The minimum absolute atomic E-state index is 0.721. The summed E-state index contributed by atoms with van der Waals surface area (Å²) in [4.78, 5) is 4.50. The van der Waals surface area contributed by atoms with Gasteiger partial charge in [0.05, 0.1) is 17.2 Å². The maximum Gasteiger partial charge on any atom is 0.224 e. The Bertz CT molecular complexity index is 820. The van der Waals surface area contributed by atoms with Gasteiger partial charge in [-0.3, -0.25) is 0 Å². The normalized spacial score (nSPS) is 11.4. The molecule has 0 saturated carbocycles. The zero-order valence-electron chi connectivity index (χ0n) is 11.8. The number of rotatable bonds is 3. The standard InChI is InChI=1S/C16H15BrN4/c1-11-7-8-12(9-13(11)17)10-18-20-16-19-14-5-3-4-6-15(14)21(16)2/h3-10H,1-2H3,(H,19,20)/b18-10-. The van der Waals surface area contributed by atoms with Gasteiger partial charge in [-0.15, -0.1) is 0 Å². The fourth-order valence-corrected chi connectivity index (χ4v) is 2.50. The van der Waals surface area contributed by atoms with Gasteiger partial charge in [0.1, 0.15) is 0 Å². The summed E-state index contributed by atoms with van der Waals surface area (Å²) in [6.07, 6.45) is 1.78. The van der Waals surface area contributed by atoms with Crippen LogP contribution in [0.2, 0.25) is 0 Å². The van der Waals surface area contributed by atoms with Gasteiger partial charge >= 0.3 is 0 Å². The van der Waals surface area contributed by atoms with Crippen molar-refractivity contribution >= 4 is 39.1 Å². The van der Waals surface area contributed by atoms with E-state index in [0.717, 1.165) is 27.0 Å². The SMILES string of the molecule is Cc1ccc(/C=N\Nc2nc3ccccc3n2C)cc1Br. The van der Waals surface area contributed by atoms with Crippen LogP contribution >= 0.6 is 15.9 Å². The van der Waals surface area contributed by atoms with Crippen LogP contribution in [0, 0.1) is 6.92 Å². The zero-order chi connectivity index (χ0) is 14.8. The molecule has 0 amide bonds. The number of halogens is 1. The minimum atomic E-state index is 0.721. The Morgan fingerprint density at radius 1 is 1.24 bits per heavy atom. The number of nitrogens with one attached hydrogen (secondary N) is 1. The second-order valence-electron chi connectivity index (χ2n) is 4.86. The van der Waals surface area contributed by atoms with Gasteiger partial charge in [-0.05, 0) is 36.2 Å². The number of aromatic nitrogens is 2. The number of para-hydroxylation sites is 2. The number of anilines is 1. The van der Waals surface area contributed by atoms with Crippen molar-refractivity contribution in [2.45, 2.75) is 6.92 Å². The third-order valence-corrected chi connectivity index (χ3v) is 4.22. The van der Waals surface area contributed by atoms with Crippen LogP contribution in [0.4, 0.5) is 5.95 Å². The number of benzene rings is 2. The lowest BCUT2D eigenvalue weighted by atomic mass is 10.2. The molecule has 0 aliphatic carbocycles. The van der Waals surface area contributed by atoms with Crippen LogP contribution < -0.4 is 5.43 Å². The Hall–Kier alpha value is -2.14. The molecule has 0 spiro atoms. The smallest absolute Gasteiger partial charge is 0.224 e. The van der Waals surface area contributed by atoms with Crippen LogP contribution in [-0.4, -0.2) is 15.8 Å². The van der Waals surface area contributed by atoms with E-state index in [1.54, 1.807) is 6.21 Å². The summed E-state index contributed by atoms with van der Waals surface area (Å²) >= 11 is 3.52. The van der Waals surface area contributed by atoms with Crippen LogP contribution in [0.15, 0.2) is 52.0 Å². The van der Waals surface area contributed by atoms with Crippen LogP contribution in [0.25, 0.3) is 11.0 Å². The summed E-state index contributed by atoms with van der Waals surface area (Å²) in [6, 6.07) is 14.1. The van der Waals surface area contributed by atoms with Gasteiger partial charge in [0.15, 0.2) is 0 Å². The lowest BCUT2D eigenvalue weighted by molar-refractivity contribution is 0.943. The lowest BCUT2D eigenvalue weighted by Gasteiger charge is -2.01. The fraction of sp³-hybridized carbons (Fsp3) is 0.125. The maximum absolute atomic E-state index is 4.50. The number of hydrogen-bond acceptors (Lipinski definition) is 3. The van der Waals surface area contributed by atoms with Crippen molar-refractivity contribution in [3.05, 3.63) is 58.1 Å². The van der Waals surface area contributed by atoms with Gasteiger partial charge in [0, 0.05) is 11.5 Å². The number of hydrazone groups is 1. The molecule has 21 heavy (non-hydrogen) atoms. The van der Waals surface area contributed by atoms with Crippen molar-refractivity contribution in [2.24, 2.45) is 12.1 Å². The largest absolute Gasteiger partial charge is 0.312 e. The Labute approximate surface area is 131 Å². The van der Waals surface area contributed by atoms with Gasteiger partial charge < -0.3 is 4.57 Å². The molecule has 0 unspecified atom stereocenters. The predicted molar refractivity (Wildman–Crippen MR) is 90.8 cm³/mol. The molecule has 3 aromatic rings. The first-order valence-electron chi connectivity index (χ1n) is 6.62. The molecular weight excluding hydrogens is 328 g/mol. The molecule has 0 aliphatic rings. The molecule has 3 rings (SSSR count). The molecule has 0 aliphatic heterocycles. The summed E-state index contributed by atoms with van der Waals surface area (Å²) in [5, 5.41) is 4.26. The molecule has 1 N–H and O–H groups in total. The first kappa shape index (κ1) is 13.8. The van der Waals surface area contributed by atoms with Gasteiger partial charge in [0.2, 0.25) is 5.95 Å². The number of fused-ring (bicyclic) bond motifs is 1. The molecule has 0 radical (unpaired) electrons. The minimum Gasteiger partial charge on any atom is -0.312 e. The second-order valence-corrected chi connectivity index (χ2v) is 5.72. The first-order chi connectivity index (χ1) is 10.1. The first-order valence-corrected chi connectivity index (χ1v) is 7.41. The number of aryl methyl sites for hydroxylation is 2. The summed E-state index contributed by atoms with van der Waals surface area (Å²) in [5.41, 5.74) is 7.25. The number of hydrogen-bond donors (Lipinski definition) is 1. The van der Waals surface area contributed by atoms with Gasteiger partial charge in [-0.25, -0.2) is 10.4 Å². The molecule has 4 nitrogen and oxygen atoms in total. The van der Waals surface area contributed by atoms with Crippen molar-refractivity contribution < 1.29 is 0 Å². The molecule has 1 heterocycles. The van der Waals surface area contributed by atoms with E-state index in [9.17, 15) is 0 Å². The van der Waals surface area contributed by atoms with Crippen molar-refractivity contribution in [1.29, 1.82) is 0 Å². The number of nitrogens with zero attached hydrogens (tertiary/aromatic N) is 3. The predicted octanol–water partition coefficient (Wildman–Crippen LogP) is 4.09. The lowest BCUT2D eigenvalue weighted by Crippen LogP contribution is -1.98. The van der Waals surface area contributed by atoms with Crippen molar-refractivity contribution in [2.75, 3.05) is 5.43 Å². The zero-order valence-corrected chi connectivity index (χ0v) is 13.4. The average Bonchev–Trinajstić information content (AvgIpc) is 2.80. The van der Waals surface area contributed by atoms with Crippen molar-refractivity contribution in [3.8, 4) is 0 Å². The van der Waals surface area contributed by atoms with Crippen LogP contribution in [-0.2, 0) is 7.05 Å². The summed E-state index contributed by atoms with van der Waals surface area (Å²) < 4.78 is 3.06. The highest BCUT2D eigenvalue weighted by atomic mass is 79.9. The Morgan fingerprint density at radius 3 is 2.81 bits per heavy atom. The van der Waals surface area contributed by atoms with Gasteiger partial charge in [-0.1, -0.05) is 40.2 Å². The van der Waals surface area contributed by atoms with Gasteiger partial charge in [-0.2, -0.15) is 5.10 Å². The Kier molecular flexibility index (Phi) is 3.75. The van der Waals surface area contributed by atoms with E-state index >= 15 is 0 Å². The van der Waals surface area contributed by atoms with Crippen molar-refractivity contribution in [1.82, 2.24) is 9.55 Å². The summed E-state index contributed by atoms with van der Waals surface area (Å²) in [7, 11) is 1.97. The third kappa shape index (κ3) is 2.83. The van der Waals surface area contributed by atoms with E-state index in [2.05, 4.69) is 44.4 Å². The maximum atomic E-state index is 4.50. The topological polar surface area (TPSA) is 42.2 Å². The van der Waals surface area contributed by atoms with E-state index in [4.69, 9.17) is 0 Å². The van der Waals surface area contributed by atoms with E-state index in [-0.39, 0.29) is 0 Å². The molecule has 1 aromatic heterocycles. The van der Waals surface area contributed by atoms with Crippen molar-refractivity contribution in [3.63, 3.8) is 0 Å². The molecule has 0 fully saturated rings. The molecule has 0 saturated heterocycles. The van der Waals surface area contributed by atoms with E-state index in [1.807, 2.05) is 48.0 Å². The van der Waals surface area contributed by atoms with Crippen LogP contribution in [0.1, 0.15) is 11.1 Å². The van der Waals surface area contributed by atoms with Gasteiger partial charge in [0.25, 0.3) is 0 Å². The van der Waals surface area contributed by atoms with E-state index in [1.165, 1.54) is 5.56 Å². The molecule has 2 aromatic carbocycles. The van der Waals surface area contributed by atoms with Crippen LogP contribution in [0.5, 0.6) is 0 Å². The van der Waals surface area contributed by atoms with Crippen LogP contribution in [0.3, 0.4) is 0 Å². The second kappa shape index (κ2) is 5.69. The summed E-state index contributed by atoms with van der Waals surface area (Å²) in [5.74, 6) is 0.721. The number of imidazole rings is 1. The highest BCUT2D eigenvalue weighted by molar-refractivity contribution is 9.10. The molecular formula is C16H15BrN4. The van der Waals surface area contributed by atoms with E-state index < -0.39 is 0 Å². The molecule has 5 heteroatoms. The highest BCUT2D eigenvalue weighted by Gasteiger charge is 2.05. The molecule has 0 atom stereocenters. The Balaban J connectivity index is 1.81. The molecule has 106 valence electrons.